The van der Waals surface area contributed by atoms with E-state index in [0.717, 1.165) is 32.3 Å². The van der Waals surface area contributed by atoms with Gasteiger partial charge in [-0.2, -0.15) is 0 Å². The van der Waals surface area contributed by atoms with Crippen molar-refractivity contribution >= 4 is 10.9 Å². The van der Waals surface area contributed by atoms with Crippen LogP contribution in [-0.4, -0.2) is 23.8 Å². The maximum Gasteiger partial charge on any atom is 0.0645 e. The van der Waals surface area contributed by atoms with E-state index < -0.39 is 0 Å². The van der Waals surface area contributed by atoms with Crippen molar-refractivity contribution in [1.82, 2.24) is 9.88 Å². The van der Waals surface area contributed by atoms with Crippen molar-refractivity contribution in [1.29, 1.82) is 0 Å². The highest BCUT2D eigenvalue weighted by Gasteiger charge is 2.21. The molecule has 3 nitrogen and oxygen atoms in total. The van der Waals surface area contributed by atoms with Gasteiger partial charge < -0.3 is 14.6 Å². The van der Waals surface area contributed by atoms with E-state index in [4.69, 9.17) is 4.74 Å². The molecule has 0 saturated heterocycles. The Bertz CT molecular complexity index is 584. The van der Waals surface area contributed by atoms with E-state index in [1.807, 2.05) is 0 Å². The van der Waals surface area contributed by atoms with Gasteiger partial charge in [-0.05, 0) is 36.3 Å². The summed E-state index contributed by atoms with van der Waals surface area (Å²) >= 11 is 0. The zero-order valence-electron chi connectivity index (χ0n) is 13.1. The van der Waals surface area contributed by atoms with Crippen molar-refractivity contribution in [3.8, 4) is 0 Å². The summed E-state index contributed by atoms with van der Waals surface area (Å²) in [5.41, 5.74) is 2.69. The van der Waals surface area contributed by atoms with Crippen molar-refractivity contribution in [2.45, 2.75) is 45.8 Å². The summed E-state index contributed by atoms with van der Waals surface area (Å²) < 4.78 is 8.18. The van der Waals surface area contributed by atoms with Gasteiger partial charge in [-0.15, -0.1) is 0 Å². The van der Waals surface area contributed by atoms with Crippen molar-refractivity contribution in [3.05, 3.63) is 36.0 Å². The molecule has 0 bridgehead atoms. The fourth-order valence-electron chi connectivity index (χ4n) is 2.69. The lowest BCUT2D eigenvalue weighted by atomic mass is 10.2. The predicted molar refractivity (Wildman–Crippen MR) is 87.5 cm³/mol. The molecule has 0 atom stereocenters. The number of aromatic nitrogens is 1. The van der Waals surface area contributed by atoms with E-state index in [0.29, 0.717) is 5.92 Å². The second-order valence-electron chi connectivity index (χ2n) is 6.47. The first kappa shape index (κ1) is 14.6. The van der Waals surface area contributed by atoms with Gasteiger partial charge in [0.15, 0.2) is 0 Å². The molecule has 1 heterocycles. The van der Waals surface area contributed by atoms with Crippen LogP contribution >= 0.6 is 0 Å². The van der Waals surface area contributed by atoms with Gasteiger partial charge in [-0.3, -0.25) is 0 Å². The van der Waals surface area contributed by atoms with E-state index in [2.05, 4.69) is 54.1 Å². The Morgan fingerprint density at radius 1 is 1.29 bits per heavy atom. The maximum absolute atomic E-state index is 5.77. The minimum atomic E-state index is 0.599. The molecule has 114 valence electrons. The number of hydrogen-bond donors (Lipinski definition) is 1. The summed E-state index contributed by atoms with van der Waals surface area (Å²) in [6.45, 7) is 7.90. The Balaban J connectivity index is 1.71. The number of nitrogens with zero attached hydrogens (tertiary/aromatic N) is 1. The topological polar surface area (TPSA) is 26.2 Å². The molecule has 1 N–H and O–H groups in total. The lowest BCUT2D eigenvalue weighted by Gasteiger charge is -2.13. The molecule has 0 radical (unpaired) electrons. The molecule has 1 saturated carbocycles. The van der Waals surface area contributed by atoms with E-state index in [1.54, 1.807) is 0 Å². The molecule has 0 aliphatic heterocycles. The molecular formula is C18H26N2O. The third kappa shape index (κ3) is 3.86. The smallest absolute Gasteiger partial charge is 0.0645 e. The zero-order chi connectivity index (χ0) is 14.7. The van der Waals surface area contributed by atoms with Crippen LogP contribution < -0.4 is 5.32 Å². The summed E-state index contributed by atoms with van der Waals surface area (Å²) in [5, 5.41) is 4.95. The number of hydrogen-bond acceptors (Lipinski definition) is 2. The Morgan fingerprint density at radius 3 is 2.86 bits per heavy atom. The van der Waals surface area contributed by atoms with Gasteiger partial charge in [-0.25, -0.2) is 0 Å². The molecule has 2 aromatic rings. The third-order valence-corrected chi connectivity index (χ3v) is 3.96. The molecule has 0 amide bonds. The summed E-state index contributed by atoms with van der Waals surface area (Å²) in [7, 11) is 0. The lowest BCUT2D eigenvalue weighted by molar-refractivity contribution is 0.103. The minimum Gasteiger partial charge on any atom is -0.379 e. The normalized spacial score (nSPS) is 15.2. The Hall–Kier alpha value is -1.32. The maximum atomic E-state index is 5.77. The van der Waals surface area contributed by atoms with Crippen molar-refractivity contribution < 1.29 is 4.74 Å². The fourth-order valence-corrected chi connectivity index (χ4v) is 2.69. The molecule has 1 aliphatic carbocycles. The third-order valence-electron chi connectivity index (χ3n) is 3.96. The van der Waals surface area contributed by atoms with Crippen LogP contribution in [0.15, 0.2) is 30.3 Å². The summed E-state index contributed by atoms with van der Waals surface area (Å²) in [6.07, 6.45) is 2.66. The van der Waals surface area contributed by atoms with Gasteiger partial charge in [-0.1, -0.05) is 32.0 Å². The molecule has 1 fully saturated rings. The van der Waals surface area contributed by atoms with E-state index in [9.17, 15) is 0 Å². The number of para-hydroxylation sites is 1. The van der Waals surface area contributed by atoms with Crippen LogP contribution in [0.2, 0.25) is 0 Å². The standard InChI is InChI=1S/C18H26N2O/c1-14(2)13-21-10-9-20-17(12-19-16-7-8-16)11-15-5-3-4-6-18(15)20/h3-6,11,14,16,19H,7-10,12-13H2,1-2H3. The molecule has 1 aromatic carbocycles. The van der Waals surface area contributed by atoms with Gasteiger partial charge in [0.05, 0.1) is 6.61 Å². The van der Waals surface area contributed by atoms with Crippen LogP contribution in [0.3, 0.4) is 0 Å². The zero-order valence-corrected chi connectivity index (χ0v) is 13.1. The predicted octanol–water partition coefficient (Wildman–Crippen LogP) is 3.57. The van der Waals surface area contributed by atoms with Crippen molar-refractivity contribution in [2.75, 3.05) is 13.2 Å². The van der Waals surface area contributed by atoms with Crippen LogP contribution in [0.5, 0.6) is 0 Å². The second-order valence-corrected chi connectivity index (χ2v) is 6.47. The van der Waals surface area contributed by atoms with Gasteiger partial charge in [0.25, 0.3) is 0 Å². The number of fused-ring (bicyclic) bond motifs is 1. The Labute approximate surface area is 127 Å². The number of benzene rings is 1. The highest BCUT2D eigenvalue weighted by molar-refractivity contribution is 5.81. The quantitative estimate of drug-likeness (QED) is 0.751. The van der Waals surface area contributed by atoms with Gasteiger partial charge in [0.1, 0.15) is 0 Å². The first-order chi connectivity index (χ1) is 10.2. The Morgan fingerprint density at radius 2 is 2.10 bits per heavy atom. The molecule has 21 heavy (non-hydrogen) atoms. The second kappa shape index (κ2) is 6.63. The van der Waals surface area contributed by atoms with Crippen LogP contribution in [0, 0.1) is 5.92 Å². The number of rotatable bonds is 8. The van der Waals surface area contributed by atoms with Gasteiger partial charge in [0, 0.05) is 36.9 Å². The van der Waals surface area contributed by atoms with Crippen molar-refractivity contribution in [2.24, 2.45) is 5.92 Å². The molecule has 0 unspecified atom stereocenters. The molecule has 1 aromatic heterocycles. The number of nitrogens with one attached hydrogen (secondary N) is 1. The van der Waals surface area contributed by atoms with E-state index >= 15 is 0 Å². The molecule has 1 aliphatic rings. The highest BCUT2D eigenvalue weighted by Crippen LogP contribution is 2.23. The van der Waals surface area contributed by atoms with Gasteiger partial charge >= 0.3 is 0 Å². The van der Waals surface area contributed by atoms with E-state index in [-0.39, 0.29) is 0 Å². The largest absolute Gasteiger partial charge is 0.379 e. The van der Waals surface area contributed by atoms with Crippen molar-refractivity contribution in [3.63, 3.8) is 0 Å². The van der Waals surface area contributed by atoms with E-state index in [1.165, 1.54) is 29.4 Å². The summed E-state index contributed by atoms with van der Waals surface area (Å²) in [4.78, 5) is 0. The SMILES string of the molecule is CC(C)COCCn1c(CNC2CC2)cc2ccccc21. The first-order valence-electron chi connectivity index (χ1n) is 8.12. The Kier molecular flexibility index (Phi) is 4.61. The summed E-state index contributed by atoms with van der Waals surface area (Å²) in [6, 6.07) is 11.7. The van der Waals surface area contributed by atoms with Gasteiger partial charge in [0.2, 0.25) is 0 Å². The fraction of sp³-hybridized carbons (Fsp3) is 0.556. The van der Waals surface area contributed by atoms with Crippen LogP contribution in [-0.2, 0) is 17.8 Å². The lowest BCUT2D eigenvalue weighted by Crippen LogP contribution is -2.19. The minimum absolute atomic E-state index is 0.599. The number of ether oxygens (including phenoxy) is 1. The van der Waals surface area contributed by atoms with Crippen LogP contribution in [0.4, 0.5) is 0 Å². The van der Waals surface area contributed by atoms with Crippen LogP contribution in [0.1, 0.15) is 32.4 Å². The summed E-state index contributed by atoms with van der Waals surface area (Å²) in [5.74, 6) is 0.599. The average Bonchev–Trinajstić information content (AvgIpc) is 3.23. The highest BCUT2D eigenvalue weighted by atomic mass is 16.5. The van der Waals surface area contributed by atoms with Crippen LogP contribution in [0.25, 0.3) is 10.9 Å². The molecule has 3 heteroatoms. The molecule has 0 spiro atoms. The molecular weight excluding hydrogens is 260 g/mol. The average molecular weight is 286 g/mol. The first-order valence-corrected chi connectivity index (χ1v) is 8.12. The monoisotopic (exact) mass is 286 g/mol. The molecule has 3 rings (SSSR count).